The molecule has 0 aromatic heterocycles. The van der Waals surface area contributed by atoms with Gasteiger partial charge in [-0.05, 0) is 12.8 Å². The van der Waals surface area contributed by atoms with Crippen molar-refractivity contribution in [2.75, 3.05) is 33.0 Å². The number of esters is 1. The Bertz CT molecular complexity index is 682. The second kappa shape index (κ2) is 35.8. The van der Waals surface area contributed by atoms with Gasteiger partial charge in [0.1, 0.15) is 6.10 Å². The maximum Gasteiger partial charge on any atom is 0.472 e. The fourth-order valence-electron chi connectivity index (χ4n) is 5.64. The summed E-state index contributed by atoms with van der Waals surface area (Å²) in [5.41, 5.74) is 5.34. The van der Waals surface area contributed by atoms with Gasteiger partial charge in [0.25, 0.3) is 0 Å². The first-order valence-electron chi connectivity index (χ1n) is 19.5. The molecular formula is C37H76NO7P. The van der Waals surface area contributed by atoms with Gasteiger partial charge in [0.05, 0.1) is 19.8 Å². The van der Waals surface area contributed by atoms with Crippen molar-refractivity contribution in [3.63, 3.8) is 0 Å². The molecule has 0 rings (SSSR count). The van der Waals surface area contributed by atoms with E-state index in [1.165, 1.54) is 141 Å². The molecule has 0 saturated carbocycles. The number of nitrogens with two attached hydrogens (primary N) is 1. The molecule has 0 bridgehead atoms. The summed E-state index contributed by atoms with van der Waals surface area (Å²) in [6, 6.07) is 0. The first-order chi connectivity index (χ1) is 22.4. The van der Waals surface area contributed by atoms with Crippen molar-refractivity contribution in [1.29, 1.82) is 0 Å². The molecule has 0 aromatic carbocycles. The molecule has 0 spiro atoms. The summed E-state index contributed by atoms with van der Waals surface area (Å²) in [5.74, 6) is -0.327. The maximum absolute atomic E-state index is 12.5. The number of carbonyl (C=O) groups is 1. The van der Waals surface area contributed by atoms with Crippen molar-refractivity contribution in [3.8, 4) is 0 Å². The summed E-state index contributed by atoms with van der Waals surface area (Å²) in [6.07, 6.45) is 34.1. The van der Waals surface area contributed by atoms with Gasteiger partial charge in [-0.3, -0.25) is 13.8 Å². The van der Waals surface area contributed by atoms with Crippen LogP contribution in [0, 0.1) is 0 Å². The van der Waals surface area contributed by atoms with Gasteiger partial charge in [-0.25, -0.2) is 4.57 Å². The minimum absolute atomic E-state index is 0.0907. The van der Waals surface area contributed by atoms with Gasteiger partial charge in [-0.2, -0.15) is 0 Å². The number of unbranched alkanes of at least 4 members (excludes halogenated alkanes) is 25. The zero-order chi connectivity index (χ0) is 33.8. The Balaban J connectivity index is 3.92. The van der Waals surface area contributed by atoms with Crippen LogP contribution in [0.2, 0.25) is 0 Å². The van der Waals surface area contributed by atoms with Crippen molar-refractivity contribution in [2.24, 2.45) is 5.73 Å². The van der Waals surface area contributed by atoms with Gasteiger partial charge in [-0.1, -0.05) is 174 Å². The highest BCUT2D eigenvalue weighted by atomic mass is 31.2. The lowest BCUT2D eigenvalue weighted by Gasteiger charge is -2.20. The highest BCUT2D eigenvalue weighted by Crippen LogP contribution is 2.43. The normalized spacial score (nSPS) is 13.6. The largest absolute Gasteiger partial charge is 0.472 e. The molecule has 276 valence electrons. The van der Waals surface area contributed by atoms with Gasteiger partial charge in [0.15, 0.2) is 0 Å². The minimum Gasteiger partial charge on any atom is -0.457 e. The van der Waals surface area contributed by atoms with Crippen LogP contribution in [0.1, 0.15) is 194 Å². The van der Waals surface area contributed by atoms with Crippen molar-refractivity contribution in [2.45, 2.75) is 200 Å². The average Bonchev–Trinajstić information content (AvgIpc) is 3.04. The molecule has 2 unspecified atom stereocenters. The molecule has 0 radical (unpaired) electrons. The first-order valence-corrected chi connectivity index (χ1v) is 21.0. The van der Waals surface area contributed by atoms with Crippen molar-refractivity contribution >= 4 is 13.8 Å². The SMILES string of the molecule is CCCCCCCCCCCCCCCCCCCCCC(=O)OC(COCCCCCCCCCC)COP(=O)(O)OCCN. The van der Waals surface area contributed by atoms with Crippen LogP contribution >= 0.6 is 7.82 Å². The molecule has 0 aromatic rings. The molecule has 0 aliphatic rings. The van der Waals surface area contributed by atoms with E-state index in [0.29, 0.717) is 13.0 Å². The lowest BCUT2D eigenvalue weighted by Crippen LogP contribution is -2.28. The Labute approximate surface area is 284 Å². The van der Waals surface area contributed by atoms with Gasteiger partial charge in [0.2, 0.25) is 0 Å². The van der Waals surface area contributed by atoms with Crippen LogP contribution in [0.5, 0.6) is 0 Å². The van der Waals surface area contributed by atoms with Crippen LogP contribution in [0.15, 0.2) is 0 Å². The molecule has 0 amide bonds. The van der Waals surface area contributed by atoms with E-state index in [2.05, 4.69) is 13.8 Å². The van der Waals surface area contributed by atoms with E-state index < -0.39 is 13.9 Å². The lowest BCUT2D eigenvalue weighted by molar-refractivity contribution is -0.154. The number of rotatable bonds is 38. The zero-order valence-electron chi connectivity index (χ0n) is 30.3. The monoisotopic (exact) mass is 678 g/mol. The van der Waals surface area contributed by atoms with E-state index in [1.54, 1.807) is 0 Å². The molecule has 8 nitrogen and oxygen atoms in total. The van der Waals surface area contributed by atoms with Crippen LogP contribution < -0.4 is 5.73 Å². The van der Waals surface area contributed by atoms with E-state index in [-0.39, 0.29) is 32.3 Å². The highest BCUT2D eigenvalue weighted by molar-refractivity contribution is 7.47. The van der Waals surface area contributed by atoms with E-state index in [0.717, 1.165) is 32.1 Å². The number of ether oxygens (including phenoxy) is 2. The third kappa shape index (κ3) is 34.8. The summed E-state index contributed by atoms with van der Waals surface area (Å²) in [5, 5.41) is 0. The summed E-state index contributed by atoms with van der Waals surface area (Å²) >= 11 is 0. The quantitative estimate of drug-likeness (QED) is 0.0377. The smallest absolute Gasteiger partial charge is 0.457 e. The number of phosphoric ester groups is 1. The van der Waals surface area contributed by atoms with Crippen LogP contribution in [0.25, 0.3) is 0 Å². The third-order valence-corrected chi connectivity index (χ3v) is 9.51. The minimum atomic E-state index is -4.26. The van der Waals surface area contributed by atoms with Crippen LogP contribution in [-0.2, 0) is 27.9 Å². The molecule has 9 heteroatoms. The van der Waals surface area contributed by atoms with E-state index >= 15 is 0 Å². The second-order valence-electron chi connectivity index (χ2n) is 13.2. The lowest BCUT2D eigenvalue weighted by atomic mass is 10.0. The van der Waals surface area contributed by atoms with Crippen LogP contribution in [0.4, 0.5) is 0 Å². The zero-order valence-corrected chi connectivity index (χ0v) is 31.2. The highest BCUT2D eigenvalue weighted by Gasteiger charge is 2.25. The topological polar surface area (TPSA) is 117 Å². The summed E-state index contributed by atoms with van der Waals surface area (Å²) in [4.78, 5) is 22.3. The standard InChI is InChI=1S/C37H76NO7P/c1-3-5-7-9-11-13-14-15-16-17-18-19-20-21-22-23-24-26-28-30-37(39)45-36(35-44-46(40,41)43-33-31-38)34-42-32-29-27-25-12-10-8-6-4-2/h36H,3-35,38H2,1-2H3,(H,40,41). The Kier molecular flexibility index (Phi) is 35.4. The molecule has 0 heterocycles. The summed E-state index contributed by atoms with van der Waals surface area (Å²) in [6.45, 7) is 4.93. The van der Waals surface area contributed by atoms with Gasteiger partial charge < -0.3 is 20.1 Å². The van der Waals surface area contributed by atoms with Gasteiger partial charge >= 0.3 is 13.8 Å². The Morgan fingerprint density at radius 2 is 0.957 bits per heavy atom. The fourth-order valence-corrected chi connectivity index (χ4v) is 6.41. The van der Waals surface area contributed by atoms with Crippen LogP contribution in [-0.4, -0.2) is 49.9 Å². The number of hydrogen-bond donors (Lipinski definition) is 2. The molecule has 0 aliphatic heterocycles. The Morgan fingerprint density at radius 1 is 0.565 bits per heavy atom. The number of phosphoric acid groups is 1. The number of hydrogen-bond acceptors (Lipinski definition) is 7. The van der Waals surface area contributed by atoms with E-state index in [9.17, 15) is 14.3 Å². The summed E-state index contributed by atoms with van der Waals surface area (Å²) < 4.78 is 33.2. The van der Waals surface area contributed by atoms with Crippen molar-refractivity contribution in [1.82, 2.24) is 0 Å². The number of carbonyl (C=O) groups excluding carboxylic acids is 1. The summed E-state index contributed by atoms with van der Waals surface area (Å²) in [7, 11) is -4.26. The van der Waals surface area contributed by atoms with E-state index in [1.807, 2.05) is 0 Å². The van der Waals surface area contributed by atoms with E-state index in [4.69, 9.17) is 24.3 Å². The maximum atomic E-state index is 12.5. The Hall–Kier alpha value is -0.500. The molecule has 0 aliphatic carbocycles. The molecule has 2 atom stereocenters. The fraction of sp³-hybridized carbons (Fsp3) is 0.973. The Morgan fingerprint density at radius 3 is 1.37 bits per heavy atom. The predicted molar refractivity (Wildman–Crippen MR) is 192 cm³/mol. The molecule has 0 fully saturated rings. The van der Waals surface area contributed by atoms with Crippen molar-refractivity contribution < 1.29 is 32.8 Å². The molecule has 46 heavy (non-hydrogen) atoms. The average molecular weight is 678 g/mol. The van der Waals surface area contributed by atoms with Gasteiger partial charge in [-0.15, -0.1) is 0 Å². The molecule has 3 N–H and O–H groups in total. The first kappa shape index (κ1) is 45.5. The third-order valence-electron chi connectivity index (χ3n) is 8.52. The van der Waals surface area contributed by atoms with Crippen molar-refractivity contribution in [3.05, 3.63) is 0 Å². The van der Waals surface area contributed by atoms with Gasteiger partial charge in [0, 0.05) is 19.6 Å². The predicted octanol–water partition coefficient (Wildman–Crippen LogP) is 11.0. The molecular weight excluding hydrogens is 601 g/mol. The molecule has 0 saturated heterocycles. The second-order valence-corrected chi connectivity index (χ2v) is 14.6. The van der Waals surface area contributed by atoms with Crippen LogP contribution in [0.3, 0.4) is 0 Å².